The van der Waals surface area contributed by atoms with Crippen LogP contribution in [0.25, 0.3) is 0 Å². The lowest BCUT2D eigenvalue weighted by Gasteiger charge is -2.23. The number of nitrogens with one attached hydrogen (secondary N) is 2. The van der Waals surface area contributed by atoms with Crippen LogP contribution < -0.4 is 10.6 Å². The van der Waals surface area contributed by atoms with Gasteiger partial charge in [0.05, 0.1) is 11.1 Å². The number of hydrogen-bond acceptors (Lipinski definition) is 4. The minimum absolute atomic E-state index is 0. The number of amides is 3. The Morgan fingerprint density at radius 1 is 1.27 bits per heavy atom. The molecule has 22 heavy (non-hydrogen) atoms. The van der Waals surface area contributed by atoms with E-state index in [4.69, 9.17) is 0 Å². The molecule has 118 valence electrons. The second-order valence-electron chi connectivity index (χ2n) is 5.45. The number of carbonyl (C=O) groups is 3. The lowest BCUT2D eigenvalue weighted by molar-refractivity contribution is 0.0693. The van der Waals surface area contributed by atoms with E-state index in [-0.39, 0.29) is 36.2 Å². The second-order valence-corrected chi connectivity index (χ2v) is 5.45. The molecule has 0 radical (unpaired) electrons. The summed E-state index contributed by atoms with van der Waals surface area (Å²) in [6.45, 7) is 1.74. The Hall–Kier alpha value is -1.92. The lowest BCUT2D eigenvalue weighted by Crippen LogP contribution is -2.45. The number of fused-ring (bicyclic) bond motifs is 1. The van der Waals surface area contributed by atoms with Crippen LogP contribution in [-0.2, 0) is 0 Å². The molecule has 1 saturated heterocycles. The van der Waals surface area contributed by atoms with Crippen LogP contribution >= 0.6 is 12.4 Å². The Bertz CT molecular complexity index is 626. The molecule has 1 aromatic carbocycles. The predicted octanol–water partition coefficient (Wildman–Crippen LogP) is 0.816. The SMILES string of the molecule is CN1C(=O)c2ccc(C(=O)N[C@H]3CCCNC3)cc2C1=O.Cl. The number of hydrogen-bond donors (Lipinski definition) is 2. The van der Waals surface area contributed by atoms with Gasteiger partial charge in [-0.05, 0) is 37.6 Å². The molecule has 0 saturated carbocycles. The van der Waals surface area contributed by atoms with Gasteiger partial charge in [-0.1, -0.05) is 0 Å². The molecule has 0 aromatic heterocycles. The first-order valence-electron chi connectivity index (χ1n) is 7.06. The molecular formula is C15H18ClN3O3. The summed E-state index contributed by atoms with van der Waals surface area (Å²) in [6.07, 6.45) is 1.98. The minimum Gasteiger partial charge on any atom is -0.348 e. The second kappa shape index (κ2) is 6.46. The van der Waals surface area contributed by atoms with E-state index in [2.05, 4.69) is 10.6 Å². The number of halogens is 1. The molecular weight excluding hydrogens is 306 g/mol. The maximum absolute atomic E-state index is 12.2. The smallest absolute Gasteiger partial charge is 0.261 e. The Labute approximate surface area is 134 Å². The Morgan fingerprint density at radius 3 is 2.68 bits per heavy atom. The van der Waals surface area contributed by atoms with Gasteiger partial charge in [0, 0.05) is 25.2 Å². The summed E-state index contributed by atoms with van der Waals surface area (Å²) < 4.78 is 0. The molecule has 7 heteroatoms. The molecule has 2 aliphatic heterocycles. The molecule has 6 nitrogen and oxygen atoms in total. The molecule has 1 fully saturated rings. The summed E-state index contributed by atoms with van der Waals surface area (Å²) in [5.41, 5.74) is 1.08. The molecule has 0 spiro atoms. The first-order chi connectivity index (χ1) is 10.1. The van der Waals surface area contributed by atoms with Gasteiger partial charge in [0.1, 0.15) is 0 Å². The molecule has 3 amide bonds. The zero-order valence-corrected chi connectivity index (χ0v) is 13.0. The van der Waals surface area contributed by atoms with E-state index in [1.807, 2.05) is 0 Å². The quantitative estimate of drug-likeness (QED) is 0.790. The van der Waals surface area contributed by atoms with Gasteiger partial charge in [-0.15, -0.1) is 12.4 Å². The van der Waals surface area contributed by atoms with Crippen molar-refractivity contribution in [2.24, 2.45) is 0 Å². The van der Waals surface area contributed by atoms with Crippen LogP contribution in [-0.4, -0.2) is 48.8 Å². The van der Waals surface area contributed by atoms with Gasteiger partial charge in [0.2, 0.25) is 0 Å². The normalized spacial score (nSPS) is 20.4. The first kappa shape index (κ1) is 16.5. The van der Waals surface area contributed by atoms with Gasteiger partial charge in [-0.3, -0.25) is 19.3 Å². The fourth-order valence-electron chi connectivity index (χ4n) is 2.75. The fraction of sp³-hybridized carbons (Fsp3) is 0.400. The summed E-state index contributed by atoms with van der Waals surface area (Å²) >= 11 is 0. The highest BCUT2D eigenvalue weighted by Gasteiger charge is 2.33. The van der Waals surface area contributed by atoms with Gasteiger partial charge in [-0.25, -0.2) is 0 Å². The average molecular weight is 324 g/mol. The zero-order chi connectivity index (χ0) is 15.0. The number of rotatable bonds is 2. The van der Waals surface area contributed by atoms with E-state index in [0.29, 0.717) is 16.7 Å². The molecule has 1 aromatic rings. The van der Waals surface area contributed by atoms with Crippen LogP contribution in [0.3, 0.4) is 0 Å². The number of piperidine rings is 1. The summed E-state index contributed by atoms with van der Waals surface area (Å²) in [5.74, 6) is -0.885. The van der Waals surface area contributed by atoms with Crippen LogP contribution in [0.5, 0.6) is 0 Å². The van der Waals surface area contributed by atoms with E-state index in [9.17, 15) is 14.4 Å². The fourth-order valence-corrected chi connectivity index (χ4v) is 2.75. The van der Waals surface area contributed by atoms with Gasteiger partial charge >= 0.3 is 0 Å². The van der Waals surface area contributed by atoms with Gasteiger partial charge in [0.25, 0.3) is 17.7 Å². The summed E-state index contributed by atoms with van der Waals surface area (Å²) in [5, 5.41) is 6.18. The van der Waals surface area contributed by atoms with Crippen molar-refractivity contribution in [1.82, 2.24) is 15.5 Å². The predicted molar refractivity (Wildman–Crippen MR) is 83.5 cm³/mol. The van der Waals surface area contributed by atoms with Crippen molar-refractivity contribution >= 4 is 30.1 Å². The average Bonchev–Trinajstić information content (AvgIpc) is 2.73. The Kier molecular flexibility index (Phi) is 4.83. The molecule has 3 rings (SSSR count). The highest BCUT2D eigenvalue weighted by Crippen LogP contribution is 2.22. The van der Waals surface area contributed by atoms with Crippen LogP contribution in [0.15, 0.2) is 18.2 Å². The van der Waals surface area contributed by atoms with Gasteiger partial charge in [-0.2, -0.15) is 0 Å². The molecule has 1 atom stereocenters. The molecule has 2 aliphatic rings. The van der Waals surface area contributed by atoms with Crippen molar-refractivity contribution in [1.29, 1.82) is 0 Å². The molecule has 0 aliphatic carbocycles. The van der Waals surface area contributed by atoms with Crippen molar-refractivity contribution in [3.05, 3.63) is 34.9 Å². The molecule has 2 heterocycles. The third-order valence-electron chi connectivity index (χ3n) is 3.98. The van der Waals surface area contributed by atoms with E-state index >= 15 is 0 Å². The van der Waals surface area contributed by atoms with Crippen molar-refractivity contribution in [2.75, 3.05) is 20.1 Å². The first-order valence-corrected chi connectivity index (χ1v) is 7.06. The van der Waals surface area contributed by atoms with Crippen molar-refractivity contribution in [3.63, 3.8) is 0 Å². The van der Waals surface area contributed by atoms with Crippen molar-refractivity contribution in [3.8, 4) is 0 Å². The summed E-state index contributed by atoms with van der Waals surface area (Å²) in [7, 11) is 1.44. The molecule has 2 N–H and O–H groups in total. The van der Waals surface area contributed by atoms with E-state index < -0.39 is 0 Å². The maximum Gasteiger partial charge on any atom is 0.261 e. The number of carbonyl (C=O) groups excluding carboxylic acids is 3. The largest absolute Gasteiger partial charge is 0.348 e. The van der Waals surface area contributed by atoms with E-state index in [1.165, 1.54) is 13.1 Å². The standard InChI is InChI=1S/C15H17N3O3.ClH/c1-18-14(20)11-5-4-9(7-12(11)15(18)21)13(19)17-10-3-2-6-16-8-10;/h4-5,7,10,16H,2-3,6,8H2,1H3,(H,17,19);1H/t10-;/m0./s1. The molecule has 0 unspecified atom stereocenters. The van der Waals surface area contributed by atoms with Crippen LogP contribution in [0.1, 0.15) is 43.9 Å². The maximum atomic E-state index is 12.2. The molecule has 0 bridgehead atoms. The zero-order valence-electron chi connectivity index (χ0n) is 12.2. The lowest BCUT2D eigenvalue weighted by atomic mass is 10.0. The van der Waals surface area contributed by atoms with E-state index in [0.717, 1.165) is 30.8 Å². The number of benzene rings is 1. The topological polar surface area (TPSA) is 78.5 Å². The monoisotopic (exact) mass is 323 g/mol. The van der Waals surface area contributed by atoms with Crippen LogP contribution in [0, 0.1) is 0 Å². The summed E-state index contributed by atoms with van der Waals surface area (Å²) in [6, 6.07) is 4.76. The van der Waals surface area contributed by atoms with Crippen molar-refractivity contribution in [2.45, 2.75) is 18.9 Å². The summed E-state index contributed by atoms with van der Waals surface area (Å²) in [4.78, 5) is 37.0. The van der Waals surface area contributed by atoms with Crippen LogP contribution in [0.2, 0.25) is 0 Å². The third kappa shape index (κ3) is 2.84. The number of imide groups is 1. The Balaban J connectivity index is 0.00000176. The van der Waals surface area contributed by atoms with Crippen molar-refractivity contribution < 1.29 is 14.4 Å². The highest BCUT2D eigenvalue weighted by atomic mass is 35.5. The van der Waals surface area contributed by atoms with Crippen LogP contribution in [0.4, 0.5) is 0 Å². The Morgan fingerprint density at radius 2 is 2.00 bits per heavy atom. The number of nitrogens with zero attached hydrogens (tertiary/aromatic N) is 1. The van der Waals surface area contributed by atoms with Gasteiger partial charge in [0.15, 0.2) is 0 Å². The third-order valence-corrected chi connectivity index (χ3v) is 3.98. The van der Waals surface area contributed by atoms with Gasteiger partial charge < -0.3 is 10.6 Å². The minimum atomic E-state index is -0.357. The highest BCUT2D eigenvalue weighted by molar-refractivity contribution is 6.21. The van der Waals surface area contributed by atoms with E-state index in [1.54, 1.807) is 12.1 Å².